The number of aromatic nitrogens is 2. The van der Waals surface area contributed by atoms with Crippen molar-refractivity contribution in [3.8, 4) is 0 Å². The predicted molar refractivity (Wildman–Crippen MR) is 82.2 cm³/mol. The van der Waals surface area contributed by atoms with Crippen molar-refractivity contribution in [2.24, 2.45) is 0 Å². The molecule has 1 aromatic heterocycles. The van der Waals surface area contributed by atoms with Crippen molar-refractivity contribution in [2.75, 3.05) is 12.4 Å². The number of anilines is 1. The van der Waals surface area contributed by atoms with Crippen LogP contribution in [0.2, 0.25) is 0 Å². The lowest BCUT2D eigenvalue weighted by molar-refractivity contribution is 0.677. The highest BCUT2D eigenvalue weighted by atomic mass is 32.2. The zero-order chi connectivity index (χ0) is 13.9. The maximum absolute atomic E-state index is 12.4. The van der Waals surface area contributed by atoms with E-state index in [1.807, 2.05) is 55.6 Å². The van der Waals surface area contributed by atoms with Crippen LogP contribution in [0.3, 0.4) is 0 Å². The highest BCUT2D eigenvalue weighted by molar-refractivity contribution is 7.84. The Morgan fingerprint density at radius 2 is 1.90 bits per heavy atom. The van der Waals surface area contributed by atoms with Gasteiger partial charge < -0.3 is 10.3 Å². The lowest BCUT2D eigenvalue weighted by Gasteiger charge is -2.07. The molecular weight excluding hydrogens is 270 g/mol. The number of benzene rings is 2. The van der Waals surface area contributed by atoms with Crippen LogP contribution >= 0.6 is 0 Å². The molecule has 0 aliphatic heterocycles. The highest BCUT2D eigenvalue weighted by Gasteiger charge is 2.12. The van der Waals surface area contributed by atoms with E-state index in [0.29, 0.717) is 10.9 Å². The molecule has 2 N–H and O–H groups in total. The number of rotatable bonds is 4. The van der Waals surface area contributed by atoms with E-state index < -0.39 is 10.8 Å². The van der Waals surface area contributed by atoms with Crippen LogP contribution in [-0.2, 0) is 16.6 Å². The number of hydrogen-bond acceptors (Lipinski definition) is 3. The number of aromatic amines is 1. The zero-order valence-corrected chi connectivity index (χ0v) is 11.9. The van der Waals surface area contributed by atoms with E-state index in [1.165, 1.54) is 0 Å². The molecule has 20 heavy (non-hydrogen) atoms. The summed E-state index contributed by atoms with van der Waals surface area (Å²) in [6.07, 6.45) is 0. The Morgan fingerprint density at radius 3 is 2.70 bits per heavy atom. The molecule has 3 aromatic rings. The average molecular weight is 285 g/mol. The summed E-state index contributed by atoms with van der Waals surface area (Å²) in [4.78, 5) is 7.51. The molecule has 0 bridgehead atoms. The summed E-state index contributed by atoms with van der Waals surface area (Å²) < 4.78 is 12.4. The highest BCUT2D eigenvalue weighted by Crippen LogP contribution is 2.19. The summed E-state index contributed by atoms with van der Waals surface area (Å²) in [6.45, 7) is 0. The molecule has 0 spiro atoms. The molecule has 3 rings (SSSR count). The van der Waals surface area contributed by atoms with Crippen molar-refractivity contribution >= 4 is 27.5 Å². The van der Waals surface area contributed by atoms with Crippen molar-refractivity contribution in [3.63, 3.8) is 0 Å². The fourth-order valence-electron chi connectivity index (χ4n) is 2.14. The Morgan fingerprint density at radius 1 is 1.15 bits per heavy atom. The molecule has 5 heteroatoms. The molecule has 0 aliphatic rings. The Kier molecular flexibility index (Phi) is 3.52. The molecule has 1 heterocycles. The minimum Gasteiger partial charge on any atom is -0.388 e. The summed E-state index contributed by atoms with van der Waals surface area (Å²) in [5.74, 6) is 0.441. The zero-order valence-electron chi connectivity index (χ0n) is 11.1. The third kappa shape index (κ3) is 2.44. The molecule has 0 fully saturated rings. The number of H-pyrrole nitrogens is 1. The van der Waals surface area contributed by atoms with Crippen molar-refractivity contribution in [3.05, 3.63) is 54.1 Å². The second-order valence-corrected chi connectivity index (χ2v) is 5.82. The molecule has 102 valence electrons. The molecule has 0 unspecified atom stereocenters. The third-order valence-electron chi connectivity index (χ3n) is 3.16. The molecule has 2 aromatic carbocycles. The summed E-state index contributed by atoms with van der Waals surface area (Å²) >= 11 is 0. The fourth-order valence-corrected chi connectivity index (χ4v) is 3.23. The molecule has 1 atom stereocenters. The molecule has 0 aliphatic carbocycles. The SMILES string of the molecule is CNc1ccccc1C[S@](=O)c1nc2ccccc2[nH]1. The van der Waals surface area contributed by atoms with Gasteiger partial charge in [0.25, 0.3) is 0 Å². The Labute approximate surface area is 119 Å². The third-order valence-corrected chi connectivity index (χ3v) is 4.35. The van der Waals surface area contributed by atoms with Gasteiger partial charge in [-0.15, -0.1) is 0 Å². The first-order chi connectivity index (χ1) is 9.78. The van der Waals surface area contributed by atoms with Gasteiger partial charge in [0.15, 0.2) is 5.16 Å². The van der Waals surface area contributed by atoms with Crippen LogP contribution in [0.1, 0.15) is 5.56 Å². The van der Waals surface area contributed by atoms with Crippen molar-refractivity contribution in [1.82, 2.24) is 9.97 Å². The minimum absolute atomic E-state index is 0.441. The van der Waals surface area contributed by atoms with E-state index in [0.717, 1.165) is 22.3 Å². The van der Waals surface area contributed by atoms with Crippen LogP contribution in [0.5, 0.6) is 0 Å². The van der Waals surface area contributed by atoms with Crippen LogP contribution in [0.4, 0.5) is 5.69 Å². The van der Waals surface area contributed by atoms with Gasteiger partial charge >= 0.3 is 0 Å². The van der Waals surface area contributed by atoms with Gasteiger partial charge in [-0.1, -0.05) is 30.3 Å². The topological polar surface area (TPSA) is 57.8 Å². The standard InChI is InChI=1S/C15H15N3OS/c1-16-12-7-3-2-6-11(12)10-20(19)15-17-13-8-4-5-9-14(13)18-15/h2-9,16H,10H2,1H3,(H,17,18)/t20-/m0/s1. The van der Waals surface area contributed by atoms with Crippen LogP contribution < -0.4 is 5.32 Å². The van der Waals surface area contributed by atoms with Gasteiger partial charge in [-0.3, -0.25) is 4.21 Å². The predicted octanol–water partition coefficient (Wildman–Crippen LogP) is 2.91. The first-order valence-electron chi connectivity index (χ1n) is 6.36. The monoisotopic (exact) mass is 285 g/mol. The normalized spacial score (nSPS) is 12.4. The number of para-hydroxylation sites is 3. The lowest BCUT2D eigenvalue weighted by atomic mass is 10.2. The summed E-state index contributed by atoms with van der Waals surface area (Å²) in [5, 5.41) is 3.64. The first-order valence-corrected chi connectivity index (χ1v) is 7.68. The number of nitrogens with one attached hydrogen (secondary N) is 2. The van der Waals surface area contributed by atoms with E-state index in [2.05, 4.69) is 15.3 Å². The lowest BCUT2D eigenvalue weighted by Crippen LogP contribution is -2.02. The number of hydrogen-bond donors (Lipinski definition) is 2. The molecule has 0 amide bonds. The van der Waals surface area contributed by atoms with Gasteiger partial charge in [-0.2, -0.15) is 0 Å². The molecule has 0 saturated carbocycles. The minimum atomic E-state index is -1.19. The number of nitrogens with zero attached hydrogens (tertiary/aromatic N) is 1. The summed E-state index contributed by atoms with van der Waals surface area (Å²) in [7, 11) is 0.678. The van der Waals surface area contributed by atoms with Crippen molar-refractivity contribution in [1.29, 1.82) is 0 Å². The maximum Gasteiger partial charge on any atom is 0.197 e. The average Bonchev–Trinajstić information content (AvgIpc) is 2.92. The Hall–Kier alpha value is -2.14. The van der Waals surface area contributed by atoms with Gasteiger partial charge in [-0.25, -0.2) is 4.98 Å². The summed E-state index contributed by atoms with van der Waals surface area (Å²) in [5.41, 5.74) is 3.78. The summed E-state index contributed by atoms with van der Waals surface area (Å²) in [6, 6.07) is 15.6. The van der Waals surface area contributed by atoms with Crippen LogP contribution in [-0.4, -0.2) is 21.2 Å². The smallest absolute Gasteiger partial charge is 0.197 e. The van der Waals surface area contributed by atoms with Crippen LogP contribution in [0, 0.1) is 0 Å². The first kappa shape index (κ1) is 12.9. The van der Waals surface area contributed by atoms with Gasteiger partial charge in [0.1, 0.15) is 0 Å². The van der Waals surface area contributed by atoms with E-state index in [-0.39, 0.29) is 0 Å². The second kappa shape index (κ2) is 5.46. The van der Waals surface area contributed by atoms with E-state index in [1.54, 1.807) is 0 Å². The van der Waals surface area contributed by atoms with Crippen molar-refractivity contribution < 1.29 is 4.21 Å². The van der Waals surface area contributed by atoms with Gasteiger partial charge in [0.2, 0.25) is 0 Å². The van der Waals surface area contributed by atoms with E-state index in [9.17, 15) is 4.21 Å². The Balaban J connectivity index is 1.89. The van der Waals surface area contributed by atoms with Crippen molar-refractivity contribution in [2.45, 2.75) is 10.9 Å². The molecule has 4 nitrogen and oxygen atoms in total. The van der Waals surface area contributed by atoms with Crippen LogP contribution in [0.15, 0.2) is 53.7 Å². The van der Waals surface area contributed by atoms with E-state index >= 15 is 0 Å². The molecular formula is C15H15N3OS. The largest absolute Gasteiger partial charge is 0.388 e. The van der Waals surface area contributed by atoms with E-state index in [4.69, 9.17) is 0 Å². The number of fused-ring (bicyclic) bond motifs is 1. The second-order valence-electron chi connectivity index (χ2n) is 4.46. The van der Waals surface area contributed by atoms with Crippen LogP contribution in [0.25, 0.3) is 11.0 Å². The maximum atomic E-state index is 12.4. The number of imidazole rings is 1. The quantitative estimate of drug-likeness (QED) is 0.775. The van der Waals surface area contributed by atoms with Gasteiger partial charge in [0.05, 0.1) is 27.6 Å². The van der Waals surface area contributed by atoms with Gasteiger partial charge in [0, 0.05) is 12.7 Å². The molecule has 0 radical (unpaired) electrons. The van der Waals surface area contributed by atoms with Gasteiger partial charge in [-0.05, 0) is 23.8 Å². The Bertz CT molecular complexity index is 733. The fraction of sp³-hybridized carbons (Fsp3) is 0.133. The molecule has 0 saturated heterocycles.